The molecule has 0 aliphatic rings. The van der Waals surface area contributed by atoms with E-state index in [1.54, 1.807) is 4.68 Å². The van der Waals surface area contributed by atoms with Gasteiger partial charge in [-0.3, -0.25) is 4.68 Å². The number of rotatable bonds is 4. The molecule has 1 rings (SSSR count). The highest BCUT2D eigenvalue weighted by atomic mass is 16.4. The number of hydrogen-bond donors (Lipinski definition) is 3. The SMILES string of the molecule is CCn1ccc(NC/C(N)=N/O)n1. The second-order valence-electron chi connectivity index (χ2n) is 2.50. The third-order valence-electron chi connectivity index (χ3n) is 1.54. The van der Waals surface area contributed by atoms with Gasteiger partial charge in [-0.05, 0) is 6.92 Å². The summed E-state index contributed by atoms with van der Waals surface area (Å²) in [6.45, 7) is 3.11. The molecule has 6 heteroatoms. The van der Waals surface area contributed by atoms with Gasteiger partial charge >= 0.3 is 0 Å². The van der Waals surface area contributed by atoms with Crippen molar-refractivity contribution >= 4 is 11.7 Å². The maximum absolute atomic E-state index is 8.26. The standard InChI is InChI=1S/C7H13N5O/c1-2-12-4-3-7(10-12)9-5-6(8)11-13/h3-4,13H,2,5H2,1H3,(H2,8,11)(H,9,10). The van der Waals surface area contributed by atoms with Gasteiger partial charge in [-0.15, -0.1) is 0 Å². The van der Waals surface area contributed by atoms with Crippen LogP contribution in [0.25, 0.3) is 0 Å². The van der Waals surface area contributed by atoms with Crippen molar-refractivity contribution in [3.63, 3.8) is 0 Å². The Morgan fingerprint density at radius 1 is 1.85 bits per heavy atom. The zero-order valence-electron chi connectivity index (χ0n) is 7.44. The highest BCUT2D eigenvalue weighted by Crippen LogP contribution is 2.00. The van der Waals surface area contributed by atoms with Crippen LogP contribution in [0.4, 0.5) is 5.82 Å². The molecule has 0 aromatic carbocycles. The summed E-state index contributed by atoms with van der Waals surface area (Å²) >= 11 is 0. The van der Waals surface area contributed by atoms with Crippen LogP contribution >= 0.6 is 0 Å². The van der Waals surface area contributed by atoms with Crippen molar-refractivity contribution < 1.29 is 5.21 Å². The molecule has 0 atom stereocenters. The van der Waals surface area contributed by atoms with Gasteiger partial charge in [0.05, 0.1) is 6.54 Å². The minimum Gasteiger partial charge on any atom is -0.409 e. The van der Waals surface area contributed by atoms with Crippen molar-refractivity contribution in [1.82, 2.24) is 9.78 Å². The molecule has 4 N–H and O–H groups in total. The van der Waals surface area contributed by atoms with Crippen LogP contribution < -0.4 is 11.1 Å². The molecular weight excluding hydrogens is 170 g/mol. The van der Waals surface area contributed by atoms with E-state index in [-0.39, 0.29) is 12.4 Å². The summed E-state index contributed by atoms with van der Waals surface area (Å²) in [5.41, 5.74) is 5.26. The Morgan fingerprint density at radius 3 is 3.15 bits per heavy atom. The molecule has 0 saturated heterocycles. The molecule has 6 nitrogen and oxygen atoms in total. The predicted molar refractivity (Wildman–Crippen MR) is 49.8 cm³/mol. The van der Waals surface area contributed by atoms with Gasteiger partial charge in [-0.25, -0.2) is 0 Å². The summed E-state index contributed by atoms with van der Waals surface area (Å²) in [4.78, 5) is 0. The Kier molecular flexibility index (Phi) is 3.13. The number of anilines is 1. The predicted octanol–water partition coefficient (Wildman–Crippen LogP) is 0.0613. The molecule has 13 heavy (non-hydrogen) atoms. The Labute approximate surface area is 76.0 Å². The Morgan fingerprint density at radius 2 is 2.62 bits per heavy atom. The largest absolute Gasteiger partial charge is 0.409 e. The fourth-order valence-corrected chi connectivity index (χ4v) is 0.849. The number of nitrogens with two attached hydrogens (primary N) is 1. The Bertz CT molecular complexity index is 293. The third-order valence-corrected chi connectivity index (χ3v) is 1.54. The number of oxime groups is 1. The van der Waals surface area contributed by atoms with E-state index in [2.05, 4.69) is 15.6 Å². The number of nitrogens with one attached hydrogen (secondary N) is 1. The first-order valence-corrected chi connectivity index (χ1v) is 4.00. The molecule has 1 heterocycles. The van der Waals surface area contributed by atoms with Crippen molar-refractivity contribution in [2.24, 2.45) is 10.9 Å². The molecule has 0 spiro atoms. The summed E-state index contributed by atoms with van der Waals surface area (Å²) < 4.78 is 1.79. The molecule has 0 radical (unpaired) electrons. The molecule has 0 aliphatic heterocycles. The summed E-state index contributed by atoms with van der Waals surface area (Å²) in [6, 6.07) is 1.83. The molecule has 0 saturated carbocycles. The lowest BCUT2D eigenvalue weighted by Crippen LogP contribution is -2.22. The van der Waals surface area contributed by atoms with E-state index in [1.165, 1.54) is 0 Å². The fourth-order valence-electron chi connectivity index (χ4n) is 0.849. The molecule has 0 amide bonds. The van der Waals surface area contributed by atoms with E-state index in [0.29, 0.717) is 5.82 Å². The normalized spacial score (nSPS) is 11.6. The van der Waals surface area contributed by atoms with Crippen molar-refractivity contribution in [3.8, 4) is 0 Å². The van der Waals surface area contributed by atoms with Crippen LogP contribution in [-0.2, 0) is 6.54 Å². The molecule has 1 aromatic heterocycles. The summed E-state index contributed by atoms with van der Waals surface area (Å²) in [7, 11) is 0. The number of aromatic nitrogens is 2. The molecule has 0 fully saturated rings. The van der Waals surface area contributed by atoms with Gasteiger partial charge in [-0.1, -0.05) is 5.16 Å². The highest BCUT2D eigenvalue weighted by molar-refractivity contribution is 5.83. The summed E-state index contributed by atoms with van der Waals surface area (Å²) in [5, 5.41) is 18.1. The smallest absolute Gasteiger partial charge is 0.158 e. The van der Waals surface area contributed by atoms with Crippen molar-refractivity contribution in [1.29, 1.82) is 0 Å². The van der Waals surface area contributed by atoms with Crippen LogP contribution in [0.5, 0.6) is 0 Å². The topological polar surface area (TPSA) is 88.5 Å². The van der Waals surface area contributed by atoms with Gasteiger partial charge in [0.2, 0.25) is 0 Å². The van der Waals surface area contributed by atoms with Gasteiger partial charge in [0.15, 0.2) is 5.84 Å². The molecule has 0 unspecified atom stereocenters. The van der Waals surface area contributed by atoms with E-state index < -0.39 is 0 Å². The highest BCUT2D eigenvalue weighted by Gasteiger charge is 1.97. The minimum absolute atomic E-state index is 0.131. The van der Waals surface area contributed by atoms with E-state index in [4.69, 9.17) is 10.9 Å². The van der Waals surface area contributed by atoms with Gasteiger partial charge in [-0.2, -0.15) is 5.10 Å². The van der Waals surface area contributed by atoms with Crippen molar-refractivity contribution in [2.45, 2.75) is 13.5 Å². The van der Waals surface area contributed by atoms with Gasteiger partial charge in [0.25, 0.3) is 0 Å². The molecule has 0 bridgehead atoms. The van der Waals surface area contributed by atoms with Crippen LogP contribution in [0.2, 0.25) is 0 Å². The lowest BCUT2D eigenvalue weighted by Gasteiger charge is -1.99. The molecule has 0 aliphatic carbocycles. The zero-order chi connectivity index (χ0) is 9.68. The molecular formula is C7H13N5O. The van der Waals surface area contributed by atoms with E-state index >= 15 is 0 Å². The number of nitrogens with zero attached hydrogens (tertiary/aromatic N) is 3. The van der Waals surface area contributed by atoms with Gasteiger partial charge in [0, 0.05) is 18.8 Å². The quantitative estimate of drug-likeness (QED) is 0.266. The third kappa shape index (κ3) is 2.66. The first kappa shape index (κ1) is 9.37. The maximum Gasteiger partial charge on any atom is 0.158 e. The maximum atomic E-state index is 8.26. The number of amidine groups is 1. The molecule has 1 aromatic rings. The number of hydrogen-bond acceptors (Lipinski definition) is 4. The van der Waals surface area contributed by atoms with E-state index in [1.807, 2.05) is 19.2 Å². The van der Waals surface area contributed by atoms with Crippen LogP contribution in [-0.4, -0.2) is 27.4 Å². The molecule has 72 valence electrons. The number of aryl methyl sites for hydroxylation is 1. The minimum atomic E-state index is 0.131. The monoisotopic (exact) mass is 183 g/mol. The second kappa shape index (κ2) is 4.34. The Balaban J connectivity index is 2.45. The average Bonchev–Trinajstić information content (AvgIpc) is 2.61. The summed E-state index contributed by atoms with van der Waals surface area (Å²) in [6.07, 6.45) is 1.86. The van der Waals surface area contributed by atoms with Gasteiger partial charge < -0.3 is 16.3 Å². The first-order valence-electron chi connectivity index (χ1n) is 4.00. The van der Waals surface area contributed by atoms with E-state index in [0.717, 1.165) is 6.54 Å². The fraction of sp³-hybridized carbons (Fsp3) is 0.429. The van der Waals surface area contributed by atoms with Crippen LogP contribution in [0.15, 0.2) is 17.4 Å². The first-order chi connectivity index (χ1) is 6.26. The van der Waals surface area contributed by atoms with Crippen LogP contribution in [0, 0.1) is 0 Å². The van der Waals surface area contributed by atoms with Crippen molar-refractivity contribution in [2.75, 3.05) is 11.9 Å². The van der Waals surface area contributed by atoms with Crippen molar-refractivity contribution in [3.05, 3.63) is 12.3 Å². The lowest BCUT2D eigenvalue weighted by molar-refractivity contribution is 0.317. The average molecular weight is 183 g/mol. The zero-order valence-corrected chi connectivity index (χ0v) is 7.44. The van der Waals surface area contributed by atoms with Crippen LogP contribution in [0.1, 0.15) is 6.92 Å². The Hall–Kier alpha value is -1.72. The van der Waals surface area contributed by atoms with E-state index in [9.17, 15) is 0 Å². The second-order valence-corrected chi connectivity index (χ2v) is 2.50. The summed E-state index contributed by atoms with van der Waals surface area (Å²) in [5.74, 6) is 0.847. The van der Waals surface area contributed by atoms with Crippen LogP contribution in [0.3, 0.4) is 0 Å². The lowest BCUT2D eigenvalue weighted by atomic mass is 10.5. The van der Waals surface area contributed by atoms with Gasteiger partial charge in [0.1, 0.15) is 5.82 Å².